The van der Waals surface area contributed by atoms with Crippen molar-refractivity contribution in [2.45, 2.75) is 26.3 Å². The zero-order valence-corrected chi connectivity index (χ0v) is 12.7. The molecule has 0 unspecified atom stereocenters. The first-order chi connectivity index (χ1) is 10.6. The van der Waals surface area contributed by atoms with Crippen LogP contribution in [0, 0.1) is 0 Å². The minimum absolute atomic E-state index is 0.104. The van der Waals surface area contributed by atoms with Crippen molar-refractivity contribution in [1.82, 2.24) is 14.7 Å². The Labute approximate surface area is 127 Å². The molecule has 114 valence electrons. The number of hydrogen-bond donors (Lipinski definition) is 0. The van der Waals surface area contributed by atoms with Gasteiger partial charge in [0.2, 0.25) is 5.89 Å². The number of benzene rings is 1. The molecule has 0 N–H and O–H groups in total. The van der Waals surface area contributed by atoms with Gasteiger partial charge in [-0.25, -0.2) is 0 Å². The molecule has 0 aliphatic heterocycles. The van der Waals surface area contributed by atoms with Gasteiger partial charge in [-0.05, 0) is 23.6 Å². The van der Waals surface area contributed by atoms with E-state index in [1.165, 1.54) is 0 Å². The van der Waals surface area contributed by atoms with Gasteiger partial charge in [0, 0.05) is 12.1 Å². The van der Waals surface area contributed by atoms with Crippen molar-refractivity contribution in [2.75, 3.05) is 7.11 Å². The van der Waals surface area contributed by atoms with E-state index in [0.717, 1.165) is 5.39 Å². The number of rotatable bonds is 4. The lowest BCUT2D eigenvalue weighted by Gasteiger charge is -2.06. The van der Waals surface area contributed by atoms with Crippen LogP contribution in [0.1, 0.15) is 31.5 Å². The van der Waals surface area contributed by atoms with Crippen molar-refractivity contribution in [1.29, 1.82) is 0 Å². The molecule has 0 fully saturated rings. The van der Waals surface area contributed by atoms with Gasteiger partial charge in [-0.3, -0.25) is 4.79 Å². The smallest absolute Gasteiger partial charge is 0.258 e. The molecule has 0 aliphatic carbocycles. The molecule has 0 aliphatic rings. The van der Waals surface area contributed by atoms with E-state index in [-0.39, 0.29) is 18.0 Å². The Morgan fingerprint density at radius 2 is 2.14 bits per heavy atom. The van der Waals surface area contributed by atoms with E-state index in [1.54, 1.807) is 23.9 Å². The fourth-order valence-electron chi connectivity index (χ4n) is 2.23. The average Bonchev–Trinajstić information content (AvgIpc) is 2.99. The maximum absolute atomic E-state index is 12.6. The summed E-state index contributed by atoms with van der Waals surface area (Å²) in [5.74, 6) is 1.89. The summed E-state index contributed by atoms with van der Waals surface area (Å²) in [5.41, 5.74) is -0.104. The Morgan fingerprint density at radius 3 is 2.82 bits per heavy atom. The molecule has 2 aromatic heterocycles. The maximum atomic E-state index is 12.6. The van der Waals surface area contributed by atoms with Crippen molar-refractivity contribution >= 4 is 10.8 Å². The number of aromatic nitrogens is 3. The molecule has 3 aromatic rings. The van der Waals surface area contributed by atoms with E-state index in [2.05, 4.69) is 10.1 Å². The van der Waals surface area contributed by atoms with Crippen LogP contribution in [-0.4, -0.2) is 21.8 Å². The van der Waals surface area contributed by atoms with Crippen LogP contribution in [0.2, 0.25) is 0 Å². The van der Waals surface area contributed by atoms with E-state index < -0.39 is 0 Å². The van der Waals surface area contributed by atoms with Gasteiger partial charge < -0.3 is 13.8 Å². The monoisotopic (exact) mass is 299 g/mol. The normalized spacial score (nSPS) is 11.3. The van der Waals surface area contributed by atoms with E-state index in [4.69, 9.17) is 9.26 Å². The van der Waals surface area contributed by atoms with Gasteiger partial charge in [-0.1, -0.05) is 25.1 Å². The van der Waals surface area contributed by atoms with Crippen LogP contribution in [0.15, 0.2) is 39.8 Å². The van der Waals surface area contributed by atoms with E-state index in [9.17, 15) is 4.79 Å². The van der Waals surface area contributed by atoms with Crippen LogP contribution in [0.3, 0.4) is 0 Å². The van der Waals surface area contributed by atoms with Gasteiger partial charge in [0.05, 0.1) is 19.0 Å². The Balaban J connectivity index is 1.99. The molecule has 0 atom stereocenters. The van der Waals surface area contributed by atoms with Crippen LogP contribution >= 0.6 is 0 Å². The highest BCUT2D eigenvalue weighted by molar-refractivity contribution is 5.82. The van der Waals surface area contributed by atoms with E-state index in [1.807, 2.05) is 32.0 Å². The Bertz CT molecular complexity index is 864. The highest BCUT2D eigenvalue weighted by atomic mass is 16.5. The van der Waals surface area contributed by atoms with Gasteiger partial charge in [-0.2, -0.15) is 4.98 Å². The zero-order valence-electron chi connectivity index (χ0n) is 12.7. The van der Waals surface area contributed by atoms with Crippen LogP contribution < -0.4 is 10.3 Å². The molecule has 22 heavy (non-hydrogen) atoms. The summed E-state index contributed by atoms with van der Waals surface area (Å²) >= 11 is 0. The van der Waals surface area contributed by atoms with Crippen molar-refractivity contribution in [3.05, 3.63) is 52.5 Å². The number of pyridine rings is 1. The van der Waals surface area contributed by atoms with Crippen LogP contribution in [-0.2, 0) is 6.54 Å². The van der Waals surface area contributed by atoms with Crippen molar-refractivity contribution in [3.63, 3.8) is 0 Å². The van der Waals surface area contributed by atoms with Gasteiger partial charge >= 0.3 is 0 Å². The summed E-state index contributed by atoms with van der Waals surface area (Å²) in [6, 6.07) is 7.33. The van der Waals surface area contributed by atoms with E-state index in [0.29, 0.717) is 22.9 Å². The molecule has 0 bridgehead atoms. The molecular formula is C16H17N3O3. The number of fused-ring (bicyclic) bond motifs is 1. The molecule has 0 amide bonds. The molecule has 6 heteroatoms. The fourth-order valence-corrected chi connectivity index (χ4v) is 2.23. The molecule has 1 aromatic carbocycles. The Hall–Kier alpha value is -2.63. The predicted octanol–water partition coefficient (Wildman–Crippen LogP) is 2.56. The number of methoxy groups -OCH3 is 1. The summed E-state index contributed by atoms with van der Waals surface area (Å²) in [6.45, 7) is 4.24. The summed E-state index contributed by atoms with van der Waals surface area (Å²) in [4.78, 5) is 16.9. The highest BCUT2D eigenvalue weighted by Gasteiger charge is 2.11. The molecule has 0 saturated carbocycles. The lowest BCUT2D eigenvalue weighted by Crippen LogP contribution is -2.20. The number of nitrogens with zero attached hydrogens (tertiary/aromatic N) is 3. The fraction of sp³-hybridized carbons (Fsp3) is 0.312. The third-order valence-corrected chi connectivity index (χ3v) is 3.48. The maximum Gasteiger partial charge on any atom is 0.258 e. The Kier molecular flexibility index (Phi) is 3.66. The lowest BCUT2D eigenvalue weighted by atomic mass is 10.1. The highest BCUT2D eigenvalue weighted by Crippen LogP contribution is 2.18. The molecule has 3 rings (SSSR count). The average molecular weight is 299 g/mol. The second-order valence-corrected chi connectivity index (χ2v) is 5.41. The SMILES string of the molecule is COc1ccc2ccn(Cc3noc(C(C)C)n3)c(=O)c2c1. The molecular weight excluding hydrogens is 282 g/mol. The van der Waals surface area contributed by atoms with Gasteiger partial charge in [0.25, 0.3) is 5.56 Å². The van der Waals surface area contributed by atoms with Crippen molar-refractivity contribution < 1.29 is 9.26 Å². The second-order valence-electron chi connectivity index (χ2n) is 5.41. The minimum atomic E-state index is -0.104. The molecule has 2 heterocycles. The Morgan fingerprint density at radius 1 is 1.32 bits per heavy atom. The van der Waals surface area contributed by atoms with Gasteiger partial charge in [0.1, 0.15) is 5.75 Å². The predicted molar refractivity (Wildman–Crippen MR) is 82.2 cm³/mol. The van der Waals surface area contributed by atoms with Crippen LogP contribution in [0.5, 0.6) is 5.75 Å². The lowest BCUT2D eigenvalue weighted by molar-refractivity contribution is 0.359. The first kappa shape index (κ1) is 14.3. The summed E-state index contributed by atoms with van der Waals surface area (Å²) in [7, 11) is 1.58. The van der Waals surface area contributed by atoms with Crippen LogP contribution in [0.25, 0.3) is 10.8 Å². The molecule has 0 radical (unpaired) electrons. The first-order valence-electron chi connectivity index (χ1n) is 7.08. The van der Waals surface area contributed by atoms with E-state index >= 15 is 0 Å². The molecule has 6 nitrogen and oxygen atoms in total. The van der Waals surface area contributed by atoms with Gasteiger partial charge in [0.15, 0.2) is 5.82 Å². The third-order valence-electron chi connectivity index (χ3n) is 3.48. The van der Waals surface area contributed by atoms with Crippen molar-refractivity contribution in [2.24, 2.45) is 0 Å². The molecule has 0 spiro atoms. The topological polar surface area (TPSA) is 70.2 Å². The quantitative estimate of drug-likeness (QED) is 0.740. The van der Waals surface area contributed by atoms with Crippen LogP contribution in [0.4, 0.5) is 0 Å². The third kappa shape index (κ3) is 2.59. The second kappa shape index (κ2) is 5.63. The first-order valence-corrected chi connectivity index (χ1v) is 7.08. The number of ether oxygens (including phenoxy) is 1. The summed E-state index contributed by atoms with van der Waals surface area (Å²) < 4.78 is 11.9. The number of hydrogen-bond acceptors (Lipinski definition) is 5. The van der Waals surface area contributed by atoms with Crippen molar-refractivity contribution in [3.8, 4) is 5.75 Å². The largest absolute Gasteiger partial charge is 0.497 e. The van der Waals surface area contributed by atoms with Gasteiger partial charge in [-0.15, -0.1) is 0 Å². The standard InChI is InChI=1S/C16H17N3O3/c1-10(2)15-17-14(18-22-15)9-19-7-6-11-4-5-12(21-3)8-13(11)16(19)20/h4-8,10H,9H2,1-3H3. The summed E-state index contributed by atoms with van der Waals surface area (Å²) in [6.07, 6.45) is 1.74. The molecule has 0 saturated heterocycles. The summed E-state index contributed by atoms with van der Waals surface area (Å²) in [5, 5.41) is 5.40. The zero-order chi connectivity index (χ0) is 15.7. The minimum Gasteiger partial charge on any atom is -0.497 e.